The number of hydrogen-bond donors (Lipinski definition) is 1. The Morgan fingerprint density at radius 3 is 2.71 bits per heavy atom. The molecule has 1 aliphatic rings. The van der Waals surface area contributed by atoms with E-state index < -0.39 is 6.09 Å². The lowest BCUT2D eigenvalue weighted by atomic mass is 10.0. The number of carbonyl (C=O) groups is 1. The first-order valence-corrected chi connectivity index (χ1v) is 9.57. The van der Waals surface area contributed by atoms with Crippen LogP contribution in [-0.4, -0.2) is 12.6 Å². The molecule has 5 heteroatoms. The Hall–Kier alpha value is -3.21. The van der Waals surface area contributed by atoms with Gasteiger partial charge in [-0.1, -0.05) is 26.0 Å². The van der Waals surface area contributed by atoms with Gasteiger partial charge in [-0.05, 0) is 65.9 Å². The Morgan fingerprint density at radius 2 is 2.00 bits per heavy atom. The van der Waals surface area contributed by atoms with Crippen LogP contribution in [0.1, 0.15) is 36.7 Å². The molecule has 0 bridgehead atoms. The van der Waals surface area contributed by atoms with Gasteiger partial charge >= 0.3 is 6.09 Å². The number of fused-ring (bicyclic) bond motifs is 1. The SMILES string of the molecule is CC(C)c1ccc(NC(=O)Oc2ccc3c(c2)CCN3Cc2ccco2)cc1. The van der Waals surface area contributed by atoms with Gasteiger partial charge in [0.15, 0.2) is 0 Å². The van der Waals surface area contributed by atoms with Crippen molar-refractivity contribution in [2.24, 2.45) is 0 Å². The van der Waals surface area contributed by atoms with Gasteiger partial charge in [-0.15, -0.1) is 0 Å². The van der Waals surface area contributed by atoms with E-state index in [0.29, 0.717) is 11.7 Å². The lowest BCUT2D eigenvalue weighted by Gasteiger charge is -2.18. The van der Waals surface area contributed by atoms with Gasteiger partial charge in [0.1, 0.15) is 11.5 Å². The van der Waals surface area contributed by atoms with E-state index in [1.807, 2.05) is 54.6 Å². The molecule has 0 spiro atoms. The van der Waals surface area contributed by atoms with E-state index >= 15 is 0 Å². The molecule has 0 atom stereocenters. The van der Waals surface area contributed by atoms with E-state index in [9.17, 15) is 4.79 Å². The molecule has 1 aliphatic heterocycles. The molecular weight excluding hydrogens is 352 g/mol. The topological polar surface area (TPSA) is 54.7 Å². The van der Waals surface area contributed by atoms with Crippen LogP contribution in [0.15, 0.2) is 65.3 Å². The Bertz CT molecular complexity index is 946. The van der Waals surface area contributed by atoms with E-state index in [1.165, 1.54) is 11.1 Å². The maximum atomic E-state index is 12.2. The number of nitrogens with one attached hydrogen (secondary N) is 1. The molecule has 3 aromatic rings. The first-order valence-electron chi connectivity index (χ1n) is 9.57. The molecule has 2 heterocycles. The van der Waals surface area contributed by atoms with Gasteiger partial charge < -0.3 is 14.1 Å². The summed E-state index contributed by atoms with van der Waals surface area (Å²) >= 11 is 0. The Morgan fingerprint density at radius 1 is 1.18 bits per heavy atom. The molecule has 28 heavy (non-hydrogen) atoms. The first-order chi connectivity index (χ1) is 13.6. The third-order valence-corrected chi connectivity index (χ3v) is 5.00. The maximum absolute atomic E-state index is 12.2. The van der Waals surface area contributed by atoms with E-state index in [4.69, 9.17) is 9.15 Å². The monoisotopic (exact) mass is 376 g/mol. The highest BCUT2D eigenvalue weighted by atomic mass is 16.6. The summed E-state index contributed by atoms with van der Waals surface area (Å²) in [6, 6.07) is 17.5. The zero-order valence-corrected chi connectivity index (χ0v) is 16.1. The van der Waals surface area contributed by atoms with Crippen LogP contribution in [0, 0.1) is 0 Å². The van der Waals surface area contributed by atoms with Crippen LogP contribution in [0.5, 0.6) is 5.75 Å². The van der Waals surface area contributed by atoms with Crippen LogP contribution in [0.2, 0.25) is 0 Å². The second-order valence-electron chi connectivity index (χ2n) is 7.33. The average Bonchev–Trinajstić information content (AvgIpc) is 3.32. The fourth-order valence-corrected chi connectivity index (χ4v) is 3.47. The molecule has 1 aromatic heterocycles. The number of hydrogen-bond acceptors (Lipinski definition) is 4. The van der Waals surface area contributed by atoms with Gasteiger partial charge in [-0.2, -0.15) is 0 Å². The number of ether oxygens (including phenoxy) is 1. The number of rotatable bonds is 5. The van der Waals surface area contributed by atoms with Crippen LogP contribution >= 0.6 is 0 Å². The zero-order valence-electron chi connectivity index (χ0n) is 16.1. The molecule has 0 unspecified atom stereocenters. The van der Waals surface area contributed by atoms with Gasteiger partial charge in [0.25, 0.3) is 0 Å². The van der Waals surface area contributed by atoms with Crippen molar-refractivity contribution in [3.8, 4) is 5.75 Å². The Labute approximate surface area is 164 Å². The molecule has 1 N–H and O–H groups in total. The minimum absolute atomic E-state index is 0.458. The molecule has 2 aromatic carbocycles. The molecule has 144 valence electrons. The molecule has 0 saturated carbocycles. The van der Waals surface area contributed by atoms with Crippen molar-refractivity contribution >= 4 is 17.5 Å². The van der Waals surface area contributed by atoms with Crippen molar-refractivity contribution in [2.45, 2.75) is 32.7 Å². The second kappa shape index (κ2) is 7.80. The molecule has 0 aliphatic carbocycles. The van der Waals surface area contributed by atoms with Crippen LogP contribution in [0.3, 0.4) is 0 Å². The molecule has 0 radical (unpaired) electrons. The highest BCUT2D eigenvalue weighted by Gasteiger charge is 2.21. The van der Waals surface area contributed by atoms with E-state index in [1.54, 1.807) is 6.26 Å². The van der Waals surface area contributed by atoms with Crippen molar-refractivity contribution in [3.05, 3.63) is 77.7 Å². The normalized spacial score (nSPS) is 12.9. The van der Waals surface area contributed by atoms with Crippen LogP contribution in [0.4, 0.5) is 16.2 Å². The predicted octanol–water partition coefficient (Wildman–Crippen LogP) is 5.58. The van der Waals surface area contributed by atoms with Crippen LogP contribution in [-0.2, 0) is 13.0 Å². The first kappa shape index (κ1) is 18.2. The number of amides is 1. The van der Waals surface area contributed by atoms with Gasteiger partial charge in [-0.3, -0.25) is 5.32 Å². The predicted molar refractivity (Wildman–Crippen MR) is 110 cm³/mol. The number of nitrogens with zero attached hydrogens (tertiary/aromatic N) is 1. The van der Waals surface area contributed by atoms with Crippen LogP contribution < -0.4 is 15.0 Å². The summed E-state index contributed by atoms with van der Waals surface area (Å²) in [6.07, 6.45) is 2.13. The average molecular weight is 376 g/mol. The largest absolute Gasteiger partial charge is 0.467 e. The maximum Gasteiger partial charge on any atom is 0.417 e. The third-order valence-electron chi connectivity index (χ3n) is 5.00. The summed E-state index contributed by atoms with van der Waals surface area (Å²) in [7, 11) is 0. The van der Waals surface area contributed by atoms with E-state index in [-0.39, 0.29) is 0 Å². The van der Waals surface area contributed by atoms with Gasteiger partial charge in [0.2, 0.25) is 0 Å². The lowest BCUT2D eigenvalue weighted by Crippen LogP contribution is -2.19. The lowest BCUT2D eigenvalue weighted by molar-refractivity contribution is 0.215. The molecular formula is C23H24N2O3. The smallest absolute Gasteiger partial charge is 0.417 e. The summed E-state index contributed by atoms with van der Waals surface area (Å²) in [6.45, 7) is 5.95. The van der Waals surface area contributed by atoms with Crippen molar-refractivity contribution in [1.82, 2.24) is 0 Å². The van der Waals surface area contributed by atoms with Crippen molar-refractivity contribution in [3.63, 3.8) is 0 Å². The van der Waals surface area contributed by atoms with Gasteiger partial charge in [0, 0.05) is 17.9 Å². The zero-order chi connectivity index (χ0) is 19.5. The standard InChI is InChI=1S/C23H24N2O3/c1-16(2)17-5-7-19(8-6-17)24-23(26)28-20-9-10-22-18(14-20)11-12-25(22)15-21-4-3-13-27-21/h3-10,13-14,16H,11-12,15H2,1-2H3,(H,24,26). The van der Waals surface area contributed by atoms with Crippen molar-refractivity contribution in [2.75, 3.05) is 16.8 Å². The van der Waals surface area contributed by atoms with Crippen molar-refractivity contribution in [1.29, 1.82) is 0 Å². The number of anilines is 2. The minimum Gasteiger partial charge on any atom is -0.467 e. The number of carbonyl (C=O) groups excluding carboxylic acids is 1. The van der Waals surface area contributed by atoms with Gasteiger partial charge in [-0.25, -0.2) is 4.79 Å². The summed E-state index contributed by atoms with van der Waals surface area (Å²) in [4.78, 5) is 14.5. The highest BCUT2D eigenvalue weighted by molar-refractivity contribution is 5.86. The summed E-state index contributed by atoms with van der Waals surface area (Å²) in [5.41, 5.74) is 4.29. The van der Waals surface area contributed by atoms with E-state index in [0.717, 1.165) is 36.6 Å². The second-order valence-corrected chi connectivity index (χ2v) is 7.33. The minimum atomic E-state index is -0.484. The van der Waals surface area contributed by atoms with Gasteiger partial charge in [0.05, 0.1) is 12.8 Å². The quantitative estimate of drug-likeness (QED) is 0.632. The fourth-order valence-electron chi connectivity index (χ4n) is 3.47. The fraction of sp³-hybridized carbons (Fsp3) is 0.261. The highest BCUT2D eigenvalue weighted by Crippen LogP contribution is 2.32. The summed E-state index contributed by atoms with van der Waals surface area (Å²) in [5, 5.41) is 2.78. The number of furan rings is 1. The van der Waals surface area contributed by atoms with E-state index in [2.05, 4.69) is 24.1 Å². The number of benzene rings is 2. The van der Waals surface area contributed by atoms with Crippen molar-refractivity contribution < 1.29 is 13.9 Å². The molecule has 0 fully saturated rings. The Kier molecular flexibility index (Phi) is 5.06. The molecule has 0 saturated heterocycles. The molecule has 1 amide bonds. The van der Waals surface area contributed by atoms with Crippen LogP contribution in [0.25, 0.3) is 0 Å². The summed E-state index contributed by atoms with van der Waals surface area (Å²) < 4.78 is 10.9. The molecule has 5 nitrogen and oxygen atoms in total. The Balaban J connectivity index is 1.38. The molecule has 4 rings (SSSR count). The summed E-state index contributed by atoms with van der Waals surface area (Å²) in [5.74, 6) is 1.95. The third kappa shape index (κ3) is 4.03.